The fourth-order valence-corrected chi connectivity index (χ4v) is 3.76. The summed E-state index contributed by atoms with van der Waals surface area (Å²) in [6.07, 6.45) is 4.21. The van der Waals surface area contributed by atoms with Gasteiger partial charge in [0.2, 0.25) is 5.91 Å². The van der Waals surface area contributed by atoms with Gasteiger partial charge in [-0.2, -0.15) is 5.10 Å². The Kier molecular flexibility index (Phi) is 5.71. The minimum Gasteiger partial charge on any atom is -0.357 e. The Bertz CT molecular complexity index is 1070. The molecule has 0 unspecified atom stereocenters. The molecule has 0 radical (unpaired) electrons. The summed E-state index contributed by atoms with van der Waals surface area (Å²) in [4.78, 5) is 19.3. The summed E-state index contributed by atoms with van der Waals surface area (Å²) in [7, 11) is 0. The highest BCUT2D eigenvalue weighted by molar-refractivity contribution is 7.71. The number of rotatable bonds is 6. The number of H-pyrrole nitrogens is 1. The van der Waals surface area contributed by atoms with Crippen molar-refractivity contribution >= 4 is 23.9 Å². The molecule has 150 valence electrons. The van der Waals surface area contributed by atoms with Gasteiger partial charge in [-0.3, -0.25) is 14.5 Å². The predicted octanol–water partition coefficient (Wildman–Crippen LogP) is 3.23. The molecule has 7 nitrogen and oxygen atoms in total. The molecule has 3 aromatic rings. The molecule has 1 fully saturated rings. The number of aromatic nitrogens is 4. The third kappa shape index (κ3) is 4.54. The summed E-state index contributed by atoms with van der Waals surface area (Å²) < 4.78 is 2.15. The zero-order valence-electron chi connectivity index (χ0n) is 16.4. The van der Waals surface area contributed by atoms with Crippen LogP contribution < -0.4 is 10.2 Å². The average Bonchev–Trinajstić information content (AvgIpc) is 3.38. The molecular formula is C21H24N6OS. The van der Waals surface area contributed by atoms with Gasteiger partial charge in [0.25, 0.3) is 0 Å². The van der Waals surface area contributed by atoms with Crippen LogP contribution in [0.2, 0.25) is 0 Å². The Morgan fingerprint density at radius 2 is 2.07 bits per heavy atom. The van der Waals surface area contributed by atoms with E-state index in [9.17, 15) is 4.79 Å². The summed E-state index contributed by atoms with van der Waals surface area (Å²) in [5, 5.41) is 10.1. The van der Waals surface area contributed by atoms with Gasteiger partial charge >= 0.3 is 0 Å². The standard InChI is InChI=1S/C21H24N6OS/c1-15-5-4-6-17(11-15)20-24-25-21(29)27(20)14-19(28)23-13-16-7-8-22-18(12-16)26-9-2-3-10-26/h4-8,11-12H,2-3,9-10,13-14H2,1H3,(H,23,28)(H,25,29). The predicted molar refractivity (Wildman–Crippen MR) is 115 cm³/mol. The molecule has 0 aliphatic carbocycles. The summed E-state index contributed by atoms with van der Waals surface area (Å²) in [6, 6.07) is 12.0. The van der Waals surface area contributed by atoms with E-state index < -0.39 is 0 Å². The zero-order chi connectivity index (χ0) is 20.2. The molecule has 29 heavy (non-hydrogen) atoms. The Balaban J connectivity index is 1.43. The van der Waals surface area contributed by atoms with Gasteiger partial charge in [-0.1, -0.05) is 23.8 Å². The molecule has 0 bridgehead atoms. The molecule has 8 heteroatoms. The van der Waals surface area contributed by atoms with E-state index in [2.05, 4.69) is 25.4 Å². The second kappa shape index (κ2) is 8.57. The number of anilines is 1. The number of carbonyl (C=O) groups is 1. The van der Waals surface area contributed by atoms with E-state index in [1.54, 1.807) is 10.8 Å². The van der Waals surface area contributed by atoms with Crippen LogP contribution in [0.3, 0.4) is 0 Å². The van der Waals surface area contributed by atoms with Gasteiger partial charge in [-0.15, -0.1) is 0 Å². The quantitative estimate of drug-likeness (QED) is 0.612. The lowest BCUT2D eigenvalue weighted by Crippen LogP contribution is -2.27. The Hall–Kier alpha value is -3.00. The molecule has 1 aliphatic heterocycles. The first-order chi connectivity index (χ1) is 14.1. The van der Waals surface area contributed by atoms with Gasteiger partial charge in [-0.25, -0.2) is 4.98 Å². The summed E-state index contributed by atoms with van der Waals surface area (Å²) in [6.45, 7) is 4.68. The molecule has 1 aromatic carbocycles. The van der Waals surface area contributed by atoms with Crippen LogP contribution in [-0.2, 0) is 17.9 Å². The smallest absolute Gasteiger partial charge is 0.240 e. The number of carbonyl (C=O) groups excluding carboxylic acids is 1. The van der Waals surface area contributed by atoms with Crippen molar-refractivity contribution in [1.29, 1.82) is 0 Å². The van der Waals surface area contributed by atoms with Crippen molar-refractivity contribution in [3.8, 4) is 11.4 Å². The summed E-state index contributed by atoms with van der Waals surface area (Å²) in [5.41, 5.74) is 3.08. The van der Waals surface area contributed by atoms with Crippen molar-refractivity contribution in [2.75, 3.05) is 18.0 Å². The van der Waals surface area contributed by atoms with Crippen LogP contribution in [0.5, 0.6) is 0 Å². The number of aryl methyl sites for hydroxylation is 1. The van der Waals surface area contributed by atoms with E-state index in [4.69, 9.17) is 12.2 Å². The second-order valence-corrected chi connectivity index (χ2v) is 7.69. The molecule has 1 aliphatic rings. The van der Waals surface area contributed by atoms with E-state index in [0.29, 0.717) is 17.1 Å². The van der Waals surface area contributed by atoms with Crippen molar-refractivity contribution in [3.05, 3.63) is 58.5 Å². The number of benzene rings is 1. The van der Waals surface area contributed by atoms with Crippen LogP contribution in [0.4, 0.5) is 5.82 Å². The van der Waals surface area contributed by atoms with Crippen LogP contribution in [0, 0.1) is 11.7 Å². The number of pyridine rings is 1. The Morgan fingerprint density at radius 1 is 1.24 bits per heavy atom. The fourth-order valence-electron chi connectivity index (χ4n) is 3.56. The van der Waals surface area contributed by atoms with E-state index in [1.807, 2.05) is 43.3 Å². The Labute approximate surface area is 174 Å². The lowest BCUT2D eigenvalue weighted by Gasteiger charge is -2.17. The first-order valence-electron chi connectivity index (χ1n) is 9.79. The van der Waals surface area contributed by atoms with E-state index in [1.165, 1.54) is 12.8 Å². The van der Waals surface area contributed by atoms with Crippen LogP contribution in [0.15, 0.2) is 42.6 Å². The molecule has 1 saturated heterocycles. The topological polar surface area (TPSA) is 78.8 Å². The first kappa shape index (κ1) is 19.3. The first-order valence-corrected chi connectivity index (χ1v) is 10.2. The third-order valence-corrected chi connectivity index (χ3v) is 5.38. The molecule has 4 rings (SSSR count). The van der Waals surface area contributed by atoms with Gasteiger partial charge in [0, 0.05) is 31.4 Å². The largest absolute Gasteiger partial charge is 0.357 e. The molecule has 3 heterocycles. The zero-order valence-corrected chi connectivity index (χ0v) is 17.2. The van der Waals surface area contributed by atoms with E-state index in [0.717, 1.165) is 35.6 Å². The third-order valence-electron chi connectivity index (χ3n) is 5.07. The van der Waals surface area contributed by atoms with Crippen molar-refractivity contribution in [3.63, 3.8) is 0 Å². The second-order valence-electron chi connectivity index (χ2n) is 7.30. The van der Waals surface area contributed by atoms with Gasteiger partial charge in [0.1, 0.15) is 12.4 Å². The average molecular weight is 409 g/mol. The molecule has 2 aromatic heterocycles. The Morgan fingerprint density at radius 3 is 2.86 bits per heavy atom. The van der Waals surface area contributed by atoms with Crippen molar-refractivity contribution in [2.45, 2.75) is 32.9 Å². The monoisotopic (exact) mass is 408 g/mol. The molecule has 0 atom stereocenters. The highest BCUT2D eigenvalue weighted by Crippen LogP contribution is 2.19. The van der Waals surface area contributed by atoms with E-state index >= 15 is 0 Å². The molecule has 0 saturated carbocycles. The van der Waals surface area contributed by atoms with E-state index in [-0.39, 0.29) is 12.5 Å². The summed E-state index contributed by atoms with van der Waals surface area (Å²) >= 11 is 5.33. The molecular weight excluding hydrogens is 384 g/mol. The van der Waals surface area contributed by atoms with Crippen LogP contribution in [0.25, 0.3) is 11.4 Å². The maximum atomic E-state index is 12.6. The van der Waals surface area contributed by atoms with Crippen LogP contribution in [0.1, 0.15) is 24.0 Å². The maximum Gasteiger partial charge on any atom is 0.240 e. The molecule has 0 spiro atoms. The van der Waals surface area contributed by atoms with Gasteiger partial charge in [0.15, 0.2) is 10.6 Å². The normalized spacial score (nSPS) is 13.6. The van der Waals surface area contributed by atoms with Gasteiger partial charge < -0.3 is 10.2 Å². The lowest BCUT2D eigenvalue weighted by atomic mass is 10.1. The van der Waals surface area contributed by atoms with Crippen molar-refractivity contribution in [1.82, 2.24) is 25.1 Å². The highest BCUT2D eigenvalue weighted by Gasteiger charge is 2.15. The van der Waals surface area contributed by atoms with Crippen molar-refractivity contribution < 1.29 is 4.79 Å². The van der Waals surface area contributed by atoms with Crippen molar-refractivity contribution in [2.24, 2.45) is 0 Å². The van der Waals surface area contributed by atoms with Crippen LogP contribution >= 0.6 is 12.2 Å². The number of amides is 1. The number of hydrogen-bond acceptors (Lipinski definition) is 5. The number of aromatic amines is 1. The number of nitrogens with zero attached hydrogens (tertiary/aromatic N) is 4. The van der Waals surface area contributed by atoms with Gasteiger partial charge in [-0.05, 0) is 55.7 Å². The number of nitrogens with one attached hydrogen (secondary N) is 2. The lowest BCUT2D eigenvalue weighted by molar-refractivity contribution is -0.121. The molecule has 1 amide bonds. The van der Waals surface area contributed by atoms with Crippen LogP contribution in [-0.4, -0.2) is 38.7 Å². The minimum absolute atomic E-state index is 0.114. The maximum absolute atomic E-state index is 12.6. The SMILES string of the molecule is Cc1cccc(-c2n[nH]c(=S)n2CC(=O)NCc2ccnc(N3CCCC3)c2)c1. The fraction of sp³-hybridized carbons (Fsp3) is 0.333. The molecule has 2 N–H and O–H groups in total. The number of hydrogen-bond donors (Lipinski definition) is 2. The minimum atomic E-state index is -0.115. The van der Waals surface area contributed by atoms with Gasteiger partial charge in [0.05, 0.1) is 0 Å². The highest BCUT2D eigenvalue weighted by atomic mass is 32.1. The summed E-state index contributed by atoms with van der Waals surface area (Å²) in [5.74, 6) is 1.53.